The summed E-state index contributed by atoms with van der Waals surface area (Å²) in [7, 11) is -1.91. The molecule has 0 aliphatic carbocycles. The van der Waals surface area contributed by atoms with E-state index in [0.29, 0.717) is 26.5 Å². The first-order valence-electron chi connectivity index (χ1n) is 6.02. The van der Waals surface area contributed by atoms with Crippen molar-refractivity contribution in [2.45, 2.75) is 9.92 Å². The van der Waals surface area contributed by atoms with Gasteiger partial charge in [0, 0.05) is 11.8 Å². The largest absolute Gasteiger partial charge is 0.497 e. The van der Waals surface area contributed by atoms with Gasteiger partial charge in [0.2, 0.25) is 5.95 Å². The third-order valence-electron chi connectivity index (χ3n) is 2.85. The number of sulfone groups is 1. The number of halogens is 1. The lowest BCUT2D eigenvalue weighted by molar-refractivity contribution is 0.413. The predicted molar refractivity (Wildman–Crippen MR) is 91.0 cm³/mol. The van der Waals surface area contributed by atoms with Crippen molar-refractivity contribution >= 4 is 43.5 Å². The maximum Gasteiger partial charge on any atom is 0.221 e. The van der Waals surface area contributed by atoms with Crippen molar-refractivity contribution in [2.24, 2.45) is 0 Å². The molecule has 0 radical (unpaired) electrons. The van der Waals surface area contributed by atoms with Crippen LogP contribution in [-0.2, 0) is 9.84 Å². The fourth-order valence-corrected chi connectivity index (χ4v) is 3.83. The Morgan fingerprint density at radius 2 is 1.95 bits per heavy atom. The average Bonchev–Trinajstić information content (AvgIpc) is 2.47. The van der Waals surface area contributed by atoms with Crippen LogP contribution in [0.25, 0.3) is 11.3 Å². The maximum absolute atomic E-state index is 11.8. The van der Waals surface area contributed by atoms with Crippen molar-refractivity contribution in [1.29, 1.82) is 0 Å². The molecule has 0 aliphatic rings. The molecule has 118 valence electrons. The number of ether oxygens (including phenoxy) is 1. The summed E-state index contributed by atoms with van der Waals surface area (Å²) >= 11 is 4.85. The molecule has 0 aliphatic heterocycles. The van der Waals surface area contributed by atoms with E-state index in [-0.39, 0.29) is 10.8 Å². The Labute approximate surface area is 141 Å². The highest BCUT2D eigenvalue weighted by molar-refractivity contribution is 9.10. The van der Waals surface area contributed by atoms with Crippen molar-refractivity contribution in [3.8, 4) is 17.0 Å². The van der Waals surface area contributed by atoms with E-state index in [0.717, 1.165) is 6.26 Å². The number of nitrogen functional groups attached to an aromatic ring is 1. The third kappa shape index (κ3) is 3.53. The van der Waals surface area contributed by atoms with Gasteiger partial charge in [-0.25, -0.2) is 18.4 Å². The van der Waals surface area contributed by atoms with Crippen LogP contribution >= 0.6 is 27.7 Å². The lowest BCUT2D eigenvalue weighted by atomic mass is 10.1. The predicted octanol–water partition coefficient (Wildman–Crippen LogP) is 2.62. The summed E-state index contributed by atoms with van der Waals surface area (Å²) in [5.74, 6) is 0.541. The number of methoxy groups -OCH3 is 1. The summed E-state index contributed by atoms with van der Waals surface area (Å²) < 4.78 is 29.5. The smallest absolute Gasteiger partial charge is 0.221 e. The fourth-order valence-electron chi connectivity index (χ4n) is 1.81. The zero-order valence-corrected chi connectivity index (χ0v) is 15.3. The van der Waals surface area contributed by atoms with Crippen molar-refractivity contribution in [3.05, 3.63) is 22.7 Å². The van der Waals surface area contributed by atoms with Gasteiger partial charge in [-0.3, -0.25) is 0 Å². The number of hydrogen-bond acceptors (Lipinski definition) is 7. The molecule has 0 fully saturated rings. The van der Waals surface area contributed by atoms with E-state index in [4.69, 9.17) is 10.5 Å². The molecule has 22 heavy (non-hydrogen) atoms. The minimum absolute atomic E-state index is 0.117. The van der Waals surface area contributed by atoms with Crippen molar-refractivity contribution in [3.63, 3.8) is 0 Å². The summed E-state index contributed by atoms with van der Waals surface area (Å²) in [6, 6.07) is 4.70. The Morgan fingerprint density at radius 1 is 1.27 bits per heavy atom. The molecular formula is C13H14BrN3O3S2. The van der Waals surface area contributed by atoms with Crippen LogP contribution in [-0.4, -0.2) is 38.0 Å². The molecule has 0 bridgehead atoms. The van der Waals surface area contributed by atoms with Gasteiger partial charge < -0.3 is 10.5 Å². The lowest BCUT2D eigenvalue weighted by Crippen LogP contribution is -2.02. The Bertz CT molecular complexity index is 826. The molecule has 0 unspecified atom stereocenters. The van der Waals surface area contributed by atoms with Gasteiger partial charge in [0.25, 0.3) is 0 Å². The minimum atomic E-state index is -3.38. The standard InChI is InChI=1S/C13H14BrN3O3S2/c1-20-8-4-7(5-9(6-8)22(3,18)19)11-10(14)12(21-2)17-13(15)16-11/h4-6H,1-3H3,(H2,15,16,17). The summed E-state index contributed by atoms with van der Waals surface area (Å²) in [5.41, 5.74) is 6.82. The van der Waals surface area contributed by atoms with Gasteiger partial charge in [0.15, 0.2) is 9.84 Å². The number of anilines is 1. The summed E-state index contributed by atoms with van der Waals surface area (Å²) in [6.45, 7) is 0. The zero-order valence-electron chi connectivity index (χ0n) is 12.1. The molecule has 6 nitrogen and oxygen atoms in total. The molecule has 2 aromatic rings. The number of aromatic nitrogens is 2. The molecule has 1 heterocycles. The van der Waals surface area contributed by atoms with Crippen LogP contribution in [0.5, 0.6) is 5.75 Å². The van der Waals surface area contributed by atoms with Crippen molar-refractivity contribution in [1.82, 2.24) is 9.97 Å². The first-order valence-corrected chi connectivity index (χ1v) is 9.93. The van der Waals surface area contributed by atoms with E-state index < -0.39 is 9.84 Å². The quantitative estimate of drug-likeness (QED) is 0.618. The molecular weight excluding hydrogens is 390 g/mol. The van der Waals surface area contributed by atoms with Crippen molar-refractivity contribution in [2.75, 3.05) is 25.4 Å². The zero-order chi connectivity index (χ0) is 16.5. The topological polar surface area (TPSA) is 95.2 Å². The first kappa shape index (κ1) is 17.0. The fraction of sp³-hybridized carbons (Fsp3) is 0.231. The van der Waals surface area contributed by atoms with Gasteiger partial charge in [-0.15, -0.1) is 11.8 Å². The van der Waals surface area contributed by atoms with Crippen LogP contribution in [0.1, 0.15) is 0 Å². The SMILES string of the molecule is COc1cc(-c2nc(N)nc(SC)c2Br)cc(S(C)(=O)=O)c1. The van der Waals surface area contributed by atoms with Gasteiger partial charge in [-0.2, -0.15) is 0 Å². The van der Waals surface area contributed by atoms with Crippen LogP contribution in [0, 0.1) is 0 Å². The molecule has 1 aromatic carbocycles. The Kier molecular flexibility index (Phi) is 4.98. The van der Waals surface area contributed by atoms with E-state index in [1.54, 1.807) is 6.07 Å². The number of rotatable bonds is 4. The van der Waals surface area contributed by atoms with Crippen LogP contribution < -0.4 is 10.5 Å². The minimum Gasteiger partial charge on any atom is -0.497 e. The van der Waals surface area contributed by atoms with Crippen LogP contribution in [0.15, 0.2) is 32.6 Å². The second-order valence-electron chi connectivity index (χ2n) is 4.42. The highest BCUT2D eigenvalue weighted by Crippen LogP contribution is 2.36. The molecule has 2 rings (SSSR count). The van der Waals surface area contributed by atoms with E-state index in [2.05, 4.69) is 25.9 Å². The number of nitrogens with two attached hydrogens (primary N) is 1. The average molecular weight is 404 g/mol. The Hall–Kier alpha value is -1.32. The van der Waals surface area contributed by atoms with Crippen LogP contribution in [0.4, 0.5) is 5.95 Å². The summed E-state index contributed by atoms with van der Waals surface area (Å²) in [5, 5.41) is 0.672. The molecule has 9 heteroatoms. The van der Waals surface area contributed by atoms with E-state index >= 15 is 0 Å². The molecule has 2 N–H and O–H groups in total. The van der Waals surface area contributed by atoms with Crippen LogP contribution in [0.2, 0.25) is 0 Å². The Morgan fingerprint density at radius 3 is 2.50 bits per heavy atom. The second kappa shape index (κ2) is 6.43. The van der Waals surface area contributed by atoms with Crippen LogP contribution in [0.3, 0.4) is 0 Å². The molecule has 0 saturated heterocycles. The summed E-state index contributed by atoms with van der Waals surface area (Å²) in [6.07, 6.45) is 3.01. The second-order valence-corrected chi connectivity index (χ2v) is 8.03. The number of thioether (sulfide) groups is 1. The Balaban J connectivity index is 2.75. The van der Waals surface area contributed by atoms with Gasteiger partial charge in [0.05, 0.1) is 22.2 Å². The molecule has 0 spiro atoms. The normalized spacial score (nSPS) is 11.5. The third-order valence-corrected chi connectivity index (χ3v) is 5.64. The molecule has 0 atom stereocenters. The van der Waals surface area contributed by atoms with Gasteiger partial charge in [0.1, 0.15) is 10.8 Å². The molecule has 0 saturated carbocycles. The van der Waals surface area contributed by atoms with Gasteiger partial charge >= 0.3 is 0 Å². The lowest BCUT2D eigenvalue weighted by Gasteiger charge is -2.11. The summed E-state index contributed by atoms with van der Waals surface area (Å²) in [4.78, 5) is 8.48. The number of nitrogens with zero attached hydrogens (tertiary/aromatic N) is 2. The van der Waals surface area contributed by atoms with E-state index in [1.165, 1.54) is 31.0 Å². The highest BCUT2D eigenvalue weighted by Gasteiger charge is 2.17. The maximum atomic E-state index is 11.8. The number of benzene rings is 1. The number of hydrogen-bond donors (Lipinski definition) is 1. The highest BCUT2D eigenvalue weighted by atomic mass is 79.9. The molecule has 1 aromatic heterocycles. The van der Waals surface area contributed by atoms with Gasteiger partial charge in [-0.05, 0) is 40.4 Å². The van der Waals surface area contributed by atoms with Gasteiger partial charge in [-0.1, -0.05) is 0 Å². The van der Waals surface area contributed by atoms with E-state index in [1.807, 2.05) is 6.26 Å². The monoisotopic (exact) mass is 403 g/mol. The van der Waals surface area contributed by atoms with Crippen molar-refractivity contribution < 1.29 is 13.2 Å². The van der Waals surface area contributed by atoms with E-state index in [9.17, 15) is 8.42 Å². The first-order chi connectivity index (χ1) is 10.3. The molecule has 0 amide bonds.